The second kappa shape index (κ2) is 10.1. The lowest BCUT2D eigenvalue weighted by molar-refractivity contribution is -0.146. The van der Waals surface area contributed by atoms with Crippen LogP contribution in [-0.4, -0.2) is 36.0 Å². The molecule has 1 saturated carbocycles. The summed E-state index contributed by atoms with van der Waals surface area (Å²) in [5.41, 5.74) is 2.90. The number of ether oxygens (including phenoxy) is 2. The smallest absolute Gasteiger partial charge is 0.341 e. The summed E-state index contributed by atoms with van der Waals surface area (Å²) < 4.78 is 10.3. The summed E-state index contributed by atoms with van der Waals surface area (Å²) >= 11 is 2.73. The highest BCUT2D eigenvalue weighted by Crippen LogP contribution is 2.46. The Morgan fingerprint density at radius 2 is 1.88 bits per heavy atom. The lowest BCUT2D eigenvalue weighted by Gasteiger charge is -2.08. The maximum atomic E-state index is 12.4. The van der Waals surface area contributed by atoms with Gasteiger partial charge in [0.15, 0.2) is 6.61 Å². The van der Waals surface area contributed by atoms with Crippen LogP contribution in [0, 0.1) is 0 Å². The largest absolute Gasteiger partial charge is 0.462 e. The average Bonchev–Trinajstić information content (AvgIpc) is 3.39. The van der Waals surface area contributed by atoms with Crippen molar-refractivity contribution in [2.24, 2.45) is 0 Å². The first-order chi connectivity index (χ1) is 15.5. The molecular weight excluding hydrogens is 448 g/mol. The van der Waals surface area contributed by atoms with E-state index in [1.54, 1.807) is 12.3 Å². The lowest BCUT2D eigenvalue weighted by atomic mass is 10.1. The van der Waals surface area contributed by atoms with Gasteiger partial charge in [0.1, 0.15) is 10.0 Å². The molecule has 0 unspecified atom stereocenters. The number of hydrogen-bond acceptors (Lipinski definition) is 8. The molecule has 1 fully saturated rings. The minimum Gasteiger partial charge on any atom is -0.462 e. The summed E-state index contributed by atoms with van der Waals surface area (Å²) in [6.07, 6.45) is 2.03. The molecule has 1 aliphatic rings. The molecule has 4 rings (SSSR count). The van der Waals surface area contributed by atoms with Gasteiger partial charge in [0.2, 0.25) is 0 Å². The van der Waals surface area contributed by atoms with Crippen LogP contribution in [0.5, 0.6) is 0 Å². The van der Waals surface area contributed by atoms with Crippen molar-refractivity contribution in [3.63, 3.8) is 0 Å². The van der Waals surface area contributed by atoms with Gasteiger partial charge in [-0.15, -0.1) is 22.7 Å². The number of carbonyl (C=O) groups excluding carboxylic acids is 3. The Balaban J connectivity index is 1.31. The van der Waals surface area contributed by atoms with Crippen LogP contribution in [0.4, 0.5) is 5.00 Å². The predicted octanol–water partition coefficient (Wildman–Crippen LogP) is 4.65. The van der Waals surface area contributed by atoms with Crippen molar-refractivity contribution in [2.45, 2.75) is 32.1 Å². The van der Waals surface area contributed by atoms with Crippen LogP contribution in [0.25, 0.3) is 10.6 Å². The van der Waals surface area contributed by atoms with Gasteiger partial charge in [-0.05, 0) is 36.6 Å². The molecule has 1 amide bonds. The number of anilines is 1. The molecule has 0 aliphatic heterocycles. The number of esters is 2. The second-order valence-corrected chi connectivity index (χ2v) is 9.02. The van der Waals surface area contributed by atoms with Crippen LogP contribution in [0.2, 0.25) is 0 Å². The zero-order valence-electron chi connectivity index (χ0n) is 17.5. The van der Waals surface area contributed by atoms with E-state index in [1.807, 2.05) is 35.7 Å². The van der Waals surface area contributed by atoms with Gasteiger partial charge >= 0.3 is 11.9 Å². The Morgan fingerprint density at radius 3 is 2.59 bits per heavy atom. The van der Waals surface area contributed by atoms with Crippen molar-refractivity contribution >= 4 is 45.5 Å². The van der Waals surface area contributed by atoms with Crippen molar-refractivity contribution in [2.75, 3.05) is 18.5 Å². The summed E-state index contributed by atoms with van der Waals surface area (Å²) in [5, 5.41) is 7.63. The molecule has 7 nitrogen and oxygen atoms in total. The Labute approximate surface area is 193 Å². The Hall–Kier alpha value is -3.04. The fraction of sp³-hybridized carbons (Fsp3) is 0.304. The predicted molar refractivity (Wildman–Crippen MR) is 123 cm³/mol. The molecule has 1 aromatic carbocycles. The van der Waals surface area contributed by atoms with Crippen molar-refractivity contribution in [3.05, 3.63) is 57.9 Å². The molecule has 9 heteroatoms. The van der Waals surface area contributed by atoms with Gasteiger partial charge < -0.3 is 14.8 Å². The summed E-state index contributed by atoms with van der Waals surface area (Å²) in [7, 11) is 0. The van der Waals surface area contributed by atoms with Gasteiger partial charge in [-0.2, -0.15) is 0 Å². The molecule has 0 bridgehead atoms. The number of hydrogen-bond donors (Lipinski definition) is 1. The zero-order valence-corrected chi connectivity index (χ0v) is 19.1. The van der Waals surface area contributed by atoms with Gasteiger partial charge in [0.05, 0.1) is 24.3 Å². The first-order valence-corrected chi connectivity index (χ1v) is 12.0. The normalized spacial score (nSPS) is 12.9. The highest BCUT2D eigenvalue weighted by Gasteiger charge is 2.32. The molecule has 0 radical (unpaired) electrons. The van der Waals surface area contributed by atoms with E-state index >= 15 is 0 Å². The molecule has 166 valence electrons. The SMILES string of the molecule is CCOC(=O)c1c(C2CC2)csc1NC(=O)COC(=O)Cc1csc(-c2ccccc2)n1. The van der Waals surface area contributed by atoms with Crippen molar-refractivity contribution in [1.29, 1.82) is 0 Å². The van der Waals surface area contributed by atoms with E-state index in [0.717, 1.165) is 29.0 Å². The van der Waals surface area contributed by atoms with Crippen LogP contribution >= 0.6 is 22.7 Å². The van der Waals surface area contributed by atoms with Gasteiger partial charge in [-0.3, -0.25) is 9.59 Å². The third-order valence-corrected chi connectivity index (χ3v) is 6.69. The number of amides is 1. The monoisotopic (exact) mass is 470 g/mol. The molecule has 0 spiro atoms. The minimum atomic E-state index is -0.541. The summed E-state index contributed by atoms with van der Waals surface area (Å²) in [6.45, 7) is 1.56. The molecule has 1 N–H and O–H groups in total. The third kappa shape index (κ3) is 5.41. The molecule has 2 aromatic heterocycles. The van der Waals surface area contributed by atoms with Crippen molar-refractivity contribution in [3.8, 4) is 10.6 Å². The molecular formula is C23H22N2O5S2. The molecule has 0 atom stereocenters. The summed E-state index contributed by atoms with van der Waals surface area (Å²) in [4.78, 5) is 41.3. The summed E-state index contributed by atoms with van der Waals surface area (Å²) in [6, 6.07) is 9.69. The number of nitrogens with zero attached hydrogens (tertiary/aromatic N) is 1. The molecule has 3 aromatic rings. The van der Waals surface area contributed by atoms with E-state index in [-0.39, 0.29) is 13.0 Å². The Morgan fingerprint density at radius 1 is 1.09 bits per heavy atom. The van der Waals surface area contributed by atoms with E-state index in [1.165, 1.54) is 22.7 Å². The molecule has 2 heterocycles. The van der Waals surface area contributed by atoms with Crippen LogP contribution < -0.4 is 5.32 Å². The van der Waals surface area contributed by atoms with Crippen LogP contribution in [0.3, 0.4) is 0 Å². The van der Waals surface area contributed by atoms with Gasteiger partial charge in [0, 0.05) is 10.9 Å². The average molecular weight is 471 g/mol. The van der Waals surface area contributed by atoms with E-state index < -0.39 is 24.5 Å². The number of benzene rings is 1. The highest BCUT2D eigenvalue weighted by molar-refractivity contribution is 7.15. The topological polar surface area (TPSA) is 94.6 Å². The van der Waals surface area contributed by atoms with Gasteiger partial charge in [-0.25, -0.2) is 9.78 Å². The number of aromatic nitrogens is 1. The maximum absolute atomic E-state index is 12.4. The Kier molecular flexibility index (Phi) is 6.96. The number of rotatable bonds is 9. The number of nitrogens with one attached hydrogen (secondary N) is 1. The minimum absolute atomic E-state index is 0.0183. The standard InChI is InChI=1S/C23H22N2O5S2/c1-2-29-23(28)20-17(14-8-9-14)13-32-22(20)25-18(26)11-30-19(27)10-16-12-31-21(24-16)15-6-4-3-5-7-15/h3-7,12-14H,2,8-11H2,1H3,(H,25,26). The van der Waals surface area contributed by atoms with Crippen LogP contribution in [-0.2, 0) is 25.5 Å². The van der Waals surface area contributed by atoms with E-state index in [9.17, 15) is 14.4 Å². The fourth-order valence-electron chi connectivity index (χ4n) is 3.18. The van der Waals surface area contributed by atoms with Crippen molar-refractivity contribution < 1.29 is 23.9 Å². The first kappa shape index (κ1) is 22.2. The van der Waals surface area contributed by atoms with E-state index in [2.05, 4.69) is 10.3 Å². The number of thiophene rings is 1. The Bertz CT molecular complexity index is 1120. The highest BCUT2D eigenvalue weighted by atomic mass is 32.1. The van der Waals surface area contributed by atoms with Crippen molar-refractivity contribution in [1.82, 2.24) is 4.98 Å². The van der Waals surface area contributed by atoms with E-state index in [4.69, 9.17) is 9.47 Å². The first-order valence-electron chi connectivity index (χ1n) is 10.3. The van der Waals surface area contributed by atoms with Gasteiger partial charge in [-0.1, -0.05) is 30.3 Å². The fourth-order valence-corrected chi connectivity index (χ4v) is 5.05. The maximum Gasteiger partial charge on any atom is 0.341 e. The quantitative estimate of drug-likeness (QED) is 0.458. The van der Waals surface area contributed by atoms with Crippen LogP contribution in [0.15, 0.2) is 41.1 Å². The zero-order chi connectivity index (χ0) is 22.5. The second-order valence-electron chi connectivity index (χ2n) is 7.29. The molecule has 1 aliphatic carbocycles. The lowest BCUT2D eigenvalue weighted by Crippen LogP contribution is -2.22. The molecule has 0 saturated heterocycles. The van der Waals surface area contributed by atoms with Gasteiger partial charge in [0.25, 0.3) is 5.91 Å². The summed E-state index contributed by atoms with van der Waals surface area (Å²) in [5.74, 6) is -1.15. The third-order valence-electron chi connectivity index (χ3n) is 4.83. The van der Waals surface area contributed by atoms with Crippen LogP contribution in [0.1, 0.15) is 47.3 Å². The number of thiazole rings is 1. The number of carbonyl (C=O) groups is 3. The molecule has 32 heavy (non-hydrogen) atoms. The van der Waals surface area contributed by atoms with E-state index in [0.29, 0.717) is 22.2 Å².